The summed E-state index contributed by atoms with van der Waals surface area (Å²) in [5.41, 5.74) is 2.42. The van der Waals surface area contributed by atoms with Crippen molar-refractivity contribution in [3.63, 3.8) is 0 Å². The molecule has 0 aromatic heterocycles. The van der Waals surface area contributed by atoms with Crippen LogP contribution in [0.25, 0.3) is 0 Å². The molecule has 0 amide bonds. The lowest BCUT2D eigenvalue weighted by molar-refractivity contribution is 0.129. The van der Waals surface area contributed by atoms with Crippen molar-refractivity contribution < 1.29 is 5.11 Å². The zero-order chi connectivity index (χ0) is 12.5. The molecular weight excluding hydrogens is 222 g/mol. The lowest BCUT2D eigenvalue weighted by Gasteiger charge is -2.34. The van der Waals surface area contributed by atoms with Gasteiger partial charge in [0.25, 0.3) is 0 Å². The molecule has 18 heavy (non-hydrogen) atoms. The smallest absolute Gasteiger partial charge is 0.0773 e. The third-order valence-electron chi connectivity index (χ3n) is 4.53. The molecule has 1 heterocycles. The number of benzene rings is 1. The summed E-state index contributed by atoms with van der Waals surface area (Å²) in [7, 11) is 0. The first-order valence-electron chi connectivity index (χ1n) is 6.93. The van der Waals surface area contributed by atoms with Crippen molar-refractivity contribution in [1.29, 1.82) is 0 Å². The van der Waals surface area contributed by atoms with E-state index >= 15 is 0 Å². The Morgan fingerprint density at radius 2 is 2.06 bits per heavy atom. The predicted octanol–water partition coefficient (Wildman–Crippen LogP) is 3.11. The Labute approximate surface area is 109 Å². The van der Waals surface area contributed by atoms with Gasteiger partial charge in [0.05, 0.1) is 12.6 Å². The summed E-state index contributed by atoms with van der Waals surface area (Å²) in [5.74, 6) is 0.773. The number of aliphatic hydroxyl groups excluding tert-OH is 1. The summed E-state index contributed by atoms with van der Waals surface area (Å²) < 4.78 is 0. The van der Waals surface area contributed by atoms with Crippen molar-refractivity contribution in [3.05, 3.63) is 48.2 Å². The first kappa shape index (κ1) is 11.8. The van der Waals surface area contributed by atoms with Gasteiger partial charge in [-0.25, -0.2) is 0 Å². The topological polar surface area (TPSA) is 23.5 Å². The van der Waals surface area contributed by atoms with E-state index in [4.69, 9.17) is 0 Å². The van der Waals surface area contributed by atoms with Gasteiger partial charge in [0.1, 0.15) is 0 Å². The molecule has 0 spiro atoms. The third-order valence-corrected chi connectivity index (χ3v) is 4.53. The fourth-order valence-corrected chi connectivity index (χ4v) is 3.74. The third kappa shape index (κ3) is 1.85. The molecule has 0 radical (unpaired) electrons. The average molecular weight is 243 g/mol. The van der Waals surface area contributed by atoms with Gasteiger partial charge < -0.3 is 10.0 Å². The van der Waals surface area contributed by atoms with E-state index in [0.717, 1.165) is 12.3 Å². The molecule has 2 aliphatic rings. The standard InChI is InChI=1S/C16H21NO/c1-12-10-14-8-5-9-15(14)17(12)16(11-18)13-6-3-2-4-7-13/h2-4,6-7,14-16,18H,1,5,8-11H2. The Kier molecular flexibility index (Phi) is 3.13. The Hall–Kier alpha value is -1.28. The molecule has 2 fully saturated rings. The fourth-order valence-electron chi connectivity index (χ4n) is 3.74. The highest BCUT2D eigenvalue weighted by Gasteiger charge is 2.42. The maximum absolute atomic E-state index is 9.79. The molecule has 1 aliphatic heterocycles. The Morgan fingerprint density at radius 1 is 1.28 bits per heavy atom. The number of aliphatic hydroxyl groups is 1. The molecule has 3 unspecified atom stereocenters. The summed E-state index contributed by atoms with van der Waals surface area (Å²) in [5, 5.41) is 9.79. The number of hydrogen-bond acceptors (Lipinski definition) is 2. The highest BCUT2D eigenvalue weighted by molar-refractivity contribution is 5.23. The van der Waals surface area contributed by atoms with Gasteiger partial charge in [0, 0.05) is 11.7 Å². The highest BCUT2D eigenvalue weighted by Crippen LogP contribution is 2.46. The van der Waals surface area contributed by atoms with Crippen LogP contribution in [-0.4, -0.2) is 22.7 Å². The molecule has 2 nitrogen and oxygen atoms in total. The van der Waals surface area contributed by atoms with E-state index in [1.54, 1.807) is 0 Å². The van der Waals surface area contributed by atoms with Gasteiger partial charge in [-0.3, -0.25) is 0 Å². The first-order valence-corrected chi connectivity index (χ1v) is 6.93. The first-order chi connectivity index (χ1) is 8.81. The summed E-state index contributed by atoms with van der Waals surface area (Å²) in [4.78, 5) is 2.40. The largest absolute Gasteiger partial charge is 0.394 e. The van der Waals surface area contributed by atoms with Gasteiger partial charge >= 0.3 is 0 Å². The SMILES string of the molecule is C=C1CC2CCCC2N1C(CO)c1ccccc1. The minimum Gasteiger partial charge on any atom is -0.394 e. The second kappa shape index (κ2) is 4.77. The van der Waals surface area contributed by atoms with E-state index in [1.807, 2.05) is 18.2 Å². The Morgan fingerprint density at radius 3 is 2.78 bits per heavy atom. The highest BCUT2D eigenvalue weighted by atomic mass is 16.3. The molecule has 1 N–H and O–H groups in total. The van der Waals surface area contributed by atoms with E-state index in [0.29, 0.717) is 6.04 Å². The number of fused-ring (bicyclic) bond motifs is 1. The van der Waals surface area contributed by atoms with E-state index < -0.39 is 0 Å². The van der Waals surface area contributed by atoms with Crippen LogP contribution >= 0.6 is 0 Å². The molecule has 1 aromatic rings. The van der Waals surface area contributed by atoms with Crippen LogP contribution in [-0.2, 0) is 0 Å². The van der Waals surface area contributed by atoms with Gasteiger partial charge in [0.2, 0.25) is 0 Å². The van der Waals surface area contributed by atoms with Crippen LogP contribution in [0.2, 0.25) is 0 Å². The predicted molar refractivity (Wildman–Crippen MR) is 73.0 cm³/mol. The quantitative estimate of drug-likeness (QED) is 0.881. The molecule has 0 bridgehead atoms. The van der Waals surface area contributed by atoms with Gasteiger partial charge in [-0.1, -0.05) is 43.3 Å². The van der Waals surface area contributed by atoms with Gasteiger partial charge in [-0.15, -0.1) is 0 Å². The summed E-state index contributed by atoms with van der Waals surface area (Å²) in [6, 6.07) is 11.0. The second-order valence-corrected chi connectivity index (χ2v) is 5.55. The minimum atomic E-state index is 0.0896. The van der Waals surface area contributed by atoms with Crippen LogP contribution in [0.5, 0.6) is 0 Å². The van der Waals surface area contributed by atoms with Crippen molar-refractivity contribution in [1.82, 2.24) is 4.90 Å². The lowest BCUT2D eigenvalue weighted by atomic mass is 10.0. The van der Waals surface area contributed by atoms with E-state index in [-0.39, 0.29) is 12.6 Å². The van der Waals surface area contributed by atoms with Gasteiger partial charge in [-0.2, -0.15) is 0 Å². The molecule has 1 saturated carbocycles. The van der Waals surface area contributed by atoms with E-state index in [2.05, 4.69) is 23.6 Å². The van der Waals surface area contributed by atoms with Crippen LogP contribution in [0.4, 0.5) is 0 Å². The van der Waals surface area contributed by atoms with E-state index in [1.165, 1.54) is 30.5 Å². The second-order valence-electron chi connectivity index (χ2n) is 5.55. The number of likely N-dealkylation sites (tertiary alicyclic amines) is 1. The fraction of sp³-hybridized carbons (Fsp3) is 0.500. The number of nitrogens with zero attached hydrogens (tertiary/aromatic N) is 1. The molecule has 3 atom stereocenters. The summed E-state index contributed by atoms with van der Waals surface area (Å²) >= 11 is 0. The molecule has 1 aromatic carbocycles. The van der Waals surface area contributed by atoms with Crippen molar-refractivity contribution in [2.75, 3.05) is 6.61 Å². The van der Waals surface area contributed by atoms with Crippen LogP contribution in [0.1, 0.15) is 37.3 Å². The molecule has 96 valence electrons. The van der Waals surface area contributed by atoms with Crippen LogP contribution in [0.3, 0.4) is 0 Å². The van der Waals surface area contributed by atoms with Crippen LogP contribution in [0.15, 0.2) is 42.6 Å². The maximum atomic E-state index is 9.79. The van der Waals surface area contributed by atoms with Crippen LogP contribution < -0.4 is 0 Å². The average Bonchev–Trinajstić information content (AvgIpc) is 2.94. The molecule has 3 rings (SSSR count). The summed E-state index contributed by atoms with van der Waals surface area (Å²) in [6.45, 7) is 4.40. The monoisotopic (exact) mass is 243 g/mol. The van der Waals surface area contributed by atoms with Crippen molar-refractivity contribution in [3.8, 4) is 0 Å². The number of allylic oxidation sites excluding steroid dienone is 1. The molecule has 1 saturated heterocycles. The zero-order valence-electron chi connectivity index (χ0n) is 10.8. The minimum absolute atomic E-state index is 0.0896. The number of rotatable bonds is 3. The van der Waals surface area contributed by atoms with Crippen molar-refractivity contribution >= 4 is 0 Å². The van der Waals surface area contributed by atoms with Crippen molar-refractivity contribution in [2.24, 2.45) is 5.92 Å². The molecule has 1 aliphatic carbocycles. The van der Waals surface area contributed by atoms with Crippen molar-refractivity contribution in [2.45, 2.75) is 37.8 Å². The molecular formula is C16H21NO. The lowest BCUT2D eigenvalue weighted by Crippen LogP contribution is -2.34. The zero-order valence-corrected chi connectivity index (χ0v) is 10.8. The number of hydrogen-bond donors (Lipinski definition) is 1. The Bertz CT molecular complexity index is 428. The maximum Gasteiger partial charge on any atom is 0.0773 e. The summed E-state index contributed by atoms with van der Waals surface area (Å²) in [6.07, 6.45) is 5.03. The Balaban J connectivity index is 1.89. The molecule has 2 heteroatoms. The van der Waals surface area contributed by atoms with E-state index in [9.17, 15) is 5.11 Å². The normalized spacial score (nSPS) is 28.5. The van der Waals surface area contributed by atoms with Gasteiger partial charge in [-0.05, 0) is 30.7 Å². The van der Waals surface area contributed by atoms with Crippen LogP contribution in [0, 0.1) is 5.92 Å². The van der Waals surface area contributed by atoms with Gasteiger partial charge in [0.15, 0.2) is 0 Å².